The molecule has 0 aromatic carbocycles. The maximum absolute atomic E-state index is 9.80. The van der Waals surface area contributed by atoms with E-state index in [-0.39, 0.29) is 6.10 Å². The minimum absolute atomic E-state index is 0.332. The summed E-state index contributed by atoms with van der Waals surface area (Å²) in [6.07, 6.45) is -0.332. The summed E-state index contributed by atoms with van der Waals surface area (Å²) in [6.45, 7) is 4.28. The molecule has 0 spiro atoms. The summed E-state index contributed by atoms with van der Waals surface area (Å²) in [5.41, 5.74) is 0. The molecule has 0 bridgehead atoms. The van der Waals surface area contributed by atoms with Gasteiger partial charge < -0.3 is 5.11 Å². The molecule has 1 heterocycles. The van der Waals surface area contributed by atoms with Crippen LogP contribution in [0.1, 0.15) is 24.8 Å². The van der Waals surface area contributed by atoms with Gasteiger partial charge in [0, 0.05) is 15.1 Å². The molecule has 0 aliphatic carbocycles. The van der Waals surface area contributed by atoms with Crippen molar-refractivity contribution < 1.29 is 5.11 Å². The average molecular weight is 281 g/mol. The van der Waals surface area contributed by atoms with Crippen LogP contribution in [-0.4, -0.2) is 16.1 Å². The molecule has 0 saturated heterocycles. The SMILES string of the molecule is CC(C)SCC(O)c1sccc1Br. The van der Waals surface area contributed by atoms with E-state index in [4.69, 9.17) is 0 Å². The van der Waals surface area contributed by atoms with Crippen molar-refractivity contribution in [3.05, 3.63) is 20.8 Å². The molecule has 0 aliphatic rings. The van der Waals surface area contributed by atoms with E-state index in [1.165, 1.54) is 0 Å². The Bertz CT molecular complexity index is 260. The highest BCUT2D eigenvalue weighted by Gasteiger charge is 2.13. The predicted octanol–water partition coefficient (Wildman–Crippen LogP) is 3.69. The highest BCUT2D eigenvalue weighted by molar-refractivity contribution is 9.10. The number of halogens is 1. The Hall–Kier alpha value is 0.490. The third kappa shape index (κ3) is 3.62. The first-order valence-electron chi connectivity index (χ1n) is 4.14. The monoisotopic (exact) mass is 280 g/mol. The lowest BCUT2D eigenvalue weighted by atomic mass is 10.3. The molecule has 4 heteroatoms. The summed E-state index contributed by atoms with van der Waals surface area (Å²) in [6, 6.07) is 1.98. The molecule has 74 valence electrons. The summed E-state index contributed by atoms with van der Waals surface area (Å²) in [5.74, 6) is 0.775. The van der Waals surface area contributed by atoms with Gasteiger partial charge >= 0.3 is 0 Å². The van der Waals surface area contributed by atoms with Crippen LogP contribution in [0.15, 0.2) is 15.9 Å². The summed E-state index contributed by atoms with van der Waals surface area (Å²) in [4.78, 5) is 1.04. The van der Waals surface area contributed by atoms with Gasteiger partial charge in [0.25, 0.3) is 0 Å². The van der Waals surface area contributed by atoms with Crippen molar-refractivity contribution in [3.8, 4) is 0 Å². The van der Waals surface area contributed by atoms with E-state index in [0.29, 0.717) is 5.25 Å². The van der Waals surface area contributed by atoms with Crippen LogP contribution in [-0.2, 0) is 0 Å². The van der Waals surface area contributed by atoms with Crippen LogP contribution >= 0.6 is 39.0 Å². The fourth-order valence-corrected chi connectivity index (χ4v) is 3.37. The zero-order valence-electron chi connectivity index (χ0n) is 7.66. The Labute approximate surface area is 95.7 Å². The molecule has 1 aromatic rings. The second-order valence-corrected chi connectivity index (χ2v) is 6.44. The third-order valence-electron chi connectivity index (χ3n) is 1.53. The molecular weight excluding hydrogens is 268 g/mol. The zero-order valence-corrected chi connectivity index (χ0v) is 10.9. The first-order valence-corrected chi connectivity index (χ1v) is 6.86. The number of hydrogen-bond acceptors (Lipinski definition) is 3. The van der Waals surface area contributed by atoms with Crippen LogP contribution in [0.4, 0.5) is 0 Å². The van der Waals surface area contributed by atoms with Crippen LogP contribution < -0.4 is 0 Å². The minimum atomic E-state index is -0.332. The van der Waals surface area contributed by atoms with Gasteiger partial charge in [-0.2, -0.15) is 11.8 Å². The number of rotatable bonds is 4. The van der Waals surface area contributed by atoms with Crippen LogP contribution in [0.25, 0.3) is 0 Å². The second kappa shape index (κ2) is 5.39. The fourth-order valence-electron chi connectivity index (χ4n) is 0.902. The summed E-state index contributed by atoms with van der Waals surface area (Å²) >= 11 is 6.80. The van der Waals surface area contributed by atoms with E-state index in [1.807, 2.05) is 11.4 Å². The zero-order chi connectivity index (χ0) is 9.84. The maximum atomic E-state index is 9.80. The predicted molar refractivity (Wildman–Crippen MR) is 64.6 cm³/mol. The van der Waals surface area contributed by atoms with Gasteiger partial charge in [0.05, 0.1) is 6.10 Å². The maximum Gasteiger partial charge on any atom is 0.0983 e. The van der Waals surface area contributed by atoms with Gasteiger partial charge in [-0.1, -0.05) is 13.8 Å². The van der Waals surface area contributed by atoms with Crippen molar-refractivity contribution in [3.63, 3.8) is 0 Å². The van der Waals surface area contributed by atoms with Crippen molar-refractivity contribution in [1.29, 1.82) is 0 Å². The minimum Gasteiger partial charge on any atom is -0.387 e. The van der Waals surface area contributed by atoms with Gasteiger partial charge in [-0.05, 0) is 32.6 Å². The van der Waals surface area contributed by atoms with Crippen LogP contribution in [0, 0.1) is 0 Å². The number of aliphatic hydroxyl groups is 1. The summed E-state index contributed by atoms with van der Waals surface area (Å²) in [7, 11) is 0. The largest absolute Gasteiger partial charge is 0.387 e. The van der Waals surface area contributed by atoms with Crippen LogP contribution in [0.5, 0.6) is 0 Å². The summed E-state index contributed by atoms with van der Waals surface area (Å²) < 4.78 is 1.02. The highest BCUT2D eigenvalue weighted by Crippen LogP contribution is 2.31. The Morgan fingerprint density at radius 2 is 2.31 bits per heavy atom. The van der Waals surface area contributed by atoms with Gasteiger partial charge in [-0.3, -0.25) is 0 Å². The standard InChI is InChI=1S/C9H13BrOS2/c1-6(2)13-5-8(11)9-7(10)3-4-12-9/h3-4,6,8,11H,5H2,1-2H3. The first-order chi connectivity index (χ1) is 6.11. The van der Waals surface area contributed by atoms with E-state index in [1.54, 1.807) is 23.1 Å². The molecular formula is C9H13BrOS2. The van der Waals surface area contributed by atoms with Gasteiger partial charge in [0.2, 0.25) is 0 Å². The number of hydrogen-bond donors (Lipinski definition) is 1. The number of thiophene rings is 1. The van der Waals surface area contributed by atoms with E-state index in [0.717, 1.165) is 15.1 Å². The number of thioether (sulfide) groups is 1. The van der Waals surface area contributed by atoms with E-state index < -0.39 is 0 Å². The molecule has 1 unspecified atom stereocenters. The first kappa shape index (κ1) is 11.6. The topological polar surface area (TPSA) is 20.2 Å². The molecule has 0 radical (unpaired) electrons. The Morgan fingerprint density at radius 3 is 2.77 bits per heavy atom. The normalized spacial score (nSPS) is 13.6. The van der Waals surface area contributed by atoms with E-state index >= 15 is 0 Å². The van der Waals surface area contributed by atoms with E-state index in [9.17, 15) is 5.11 Å². The smallest absolute Gasteiger partial charge is 0.0983 e. The Morgan fingerprint density at radius 1 is 1.62 bits per heavy atom. The van der Waals surface area contributed by atoms with Gasteiger partial charge in [0.15, 0.2) is 0 Å². The third-order valence-corrected chi connectivity index (χ3v) is 4.68. The molecule has 0 aliphatic heterocycles. The molecule has 1 rings (SSSR count). The Kier molecular flexibility index (Phi) is 4.80. The van der Waals surface area contributed by atoms with Crippen molar-refractivity contribution in [1.82, 2.24) is 0 Å². The quantitative estimate of drug-likeness (QED) is 0.908. The van der Waals surface area contributed by atoms with E-state index in [2.05, 4.69) is 29.8 Å². The molecule has 13 heavy (non-hydrogen) atoms. The average Bonchev–Trinajstić information content (AvgIpc) is 2.47. The van der Waals surface area contributed by atoms with Crippen molar-refractivity contribution in [2.75, 3.05) is 5.75 Å². The fraction of sp³-hybridized carbons (Fsp3) is 0.556. The van der Waals surface area contributed by atoms with Crippen LogP contribution in [0.2, 0.25) is 0 Å². The van der Waals surface area contributed by atoms with Crippen molar-refractivity contribution in [2.24, 2.45) is 0 Å². The van der Waals surface area contributed by atoms with Crippen molar-refractivity contribution >= 4 is 39.0 Å². The molecule has 0 saturated carbocycles. The molecule has 1 nitrogen and oxygen atoms in total. The van der Waals surface area contributed by atoms with Gasteiger partial charge in [0.1, 0.15) is 0 Å². The summed E-state index contributed by atoms with van der Waals surface area (Å²) in [5, 5.41) is 12.4. The second-order valence-electron chi connectivity index (χ2n) is 3.03. The lowest BCUT2D eigenvalue weighted by Crippen LogP contribution is -2.01. The van der Waals surface area contributed by atoms with Crippen LogP contribution in [0.3, 0.4) is 0 Å². The van der Waals surface area contributed by atoms with Gasteiger partial charge in [-0.15, -0.1) is 11.3 Å². The number of aliphatic hydroxyl groups excluding tert-OH is 1. The molecule has 0 fully saturated rings. The molecule has 0 amide bonds. The molecule has 1 N–H and O–H groups in total. The van der Waals surface area contributed by atoms with Crippen molar-refractivity contribution in [2.45, 2.75) is 25.2 Å². The van der Waals surface area contributed by atoms with Gasteiger partial charge in [-0.25, -0.2) is 0 Å². The molecule has 1 atom stereocenters. The Balaban J connectivity index is 2.49. The molecule has 1 aromatic heterocycles. The lowest BCUT2D eigenvalue weighted by Gasteiger charge is -2.10. The lowest BCUT2D eigenvalue weighted by molar-refractivity contribution is 0.207. The highest BCUT2D eigenvalue weighted by atomic mass is 79.9.